The summed E-state index contributed by atoms with van der Waals surface area (Å²) >= 11 is 0. The summed E-state index contributed by atoms with van der Waals surface area (Å²) in [5.41, 5.74) is 7.79. The third-order valence-corrected chi connectivity index (χ3v) is 5.32. The van der Waals surface area contributed by atoms with Crippen molar-refractivity contribution in [1.29, 1.82) is 0 Å². The average Bonchev–Trinajstić information content (AvgIpc) is 3.36. The van der Waals surface area contributed by atoms with Gasteiger partial charge in [0.05, 0.1) is 11.7 Å². The van der Waals surface area contributed by atoms with Crippen LogP contribution in [0.5, 0.6) is 0 Å². The molecule has 138 valence electrons. The third-order valence-electron chi connectivity index (χ3n) is 5.32. The van der Waals surface area contributed by atoms with E-state index in [2.05, 4.69) is 22.1 Å². The maximum atomic E-state index is 13.2. The van der Waals surface area contributed by atoms with Crippen LogP contribution >= 0.6 is 0 Å². The Hall–Kier alpha value is -2.54. The fourth-order valence-electron chi connectivity index (χ4n) is 3.82. The normalized spacial score (nSPS) is 20.7. The van der Waals surface area contributed by atoms with Gasteiger partial charge in [-0.05, 0) is 60.4 Å². The molecule has 0 aliphatic heterocycles. The standard InChI is InChI=1S/C19H26N6O/c1-3-10-24(19(26)18-9-5-7-16(18)12-20)14(2)15-6-4-8-17(11-15)25-13-21-22-23-25/h3-4,6,8,11,13-14,16,18H,1,5,7,9-10,12,20H2,2H3/t14?,16-,18-/m1/s1. The highest BCUT2D eigenvalue weighted by Crippen LogP contribution is 2.34. The molecular weight excluding hydrogens is 328 g/mol. The van der Waals surface area contributed by atoms with Gasteiger partial charge >= 0.3 is 0 Å². The zero-order valence-electron chi connectivity index (χ0n) is 15.2. The third kappa shape index (κ3) is 3.67. The number of amides is 1. The number of carbonyl (C=O) groups excluding carboxylic acids is 1. The van der Waals surface area contributed by atoms with Gasteiger partial charge in [-0.1, -0.05) is 24.6 Å². The van der Waals surface area contributed by atoms with Crippen LogP contribution in [0.15, 0.2) is 43.2 Å². The molecule has 3 atom stereocenters. The number of tetrazole rings is 1. The topological polar surface area (TPSA) is 89.9 Å². The van der Waals surface area contributed by atoms with Gasteiger partial charge in [0.1, 0.15) is 6.33 Å². The maximum Gasteiger partial charge on any atom is 0.226 e. The van der Waals surface area contributed by atoms with E-state index in [0.29, 0.717) is 13.1 Å². The van der Waals surface area contributed by atoms with Crippen molar-refractivity contribution in [2.24, 2.45) is 17.6 Å². The SMILES string of the molecule is C=CCN(C(=O)[C@@H]1CCC[C@@H]1CN)C(C)c1cccc(-n2cnnn2)c1. The van der Waals surface area contributed by atoms with E-state index in [0.717, 1.165) is 30.5 Å². The van der Waals surface area contributed by atoms with Gasteiger partial charge in [0.2, 0.25) is 5.91 Å². The molecule has 1 aromatic heterocycles. The first kappa shape index (κ1) is 18.3. The Balaban J connectivity index is 1.85. The number of carbonyl (C=O) groups is 1. The summed E-state index contributed by atoms with van der Waals surface area (Å²) in [7, 11) is 0. The molecule has 1 aliphatic rings. The number of benzene rings is 1. The second-order valence-electron chi connectivity index (χ2n) is 6.84. The summed E-state index contributed by atoms with van der Waals surface area (Å²) in [6.07, 6.45) is 6.37. The quantitative estimate of drug-likeness (QED) is 0.769. The zero-order valence-corrected chi connectivity index (χ0v) is 15.2. The predicted molar refractivity (Wildman–Crippen MR) is 99.4 cm³/mol. The smallest absolute Gasteiger partial charge is 0.226 e. The highest BCUT2D eigenvalue weighted by atomic mass is 16.2. The van der Waals surface area contributed by atoms with E-state index in [1.165, 1.54) is 0 Å². The first-order valence-electron chi connectivity index (χ1n) is 9.10. The van der Waals surface area contributed by atoms with E-state index in [-0.39, 0.29) is 23.8 Å². The van der Waals surface area contributed by atoms with E-state index in [1.54, 1.807) is 17.1 Å². The zero-order chi connectivity index (χ0) is 18.5. The molecule has 1 saturated carbocycles. The Morgan fingerprint density at radius 2 is 2.35 bits per heavy atom. The summed E-state index contributed by atoms with van der Waals surface area (Å²) in [6.45, 7) is 6.97. The Bertz CT molecular complexity index is 744. The first-order chi connectivity index (χ1) is 12.7. The van der Waals surface area contributed by atoms with Crippen LogP contribution in [0, 0.1) is 11.8 Å². The van der Waals surface area contributed by atoms with Gasteiger partial charge < -0.3 is 10.6 Å². The van der Waals surface area contributed by atoms with E-state index in [4.69, 9.17) is 5.73 Å². The summed E-state index contributed by atoms with van der Waals surface area (Å²) in [5, 5.41) is 11.3. The predicted octanol–water partition coefficient (Wildman–Crippen LogP) is 2.11. The van der Waals surface area contributed by atoms with E-state index in [1.807, 2.05) is 36.1 Å². The van der Waals surface area contributed by atoms with Crippen molar-refractivity contribution in [3.05, 3.63) is 48.8 Å². The highest BCUT2D eigenvalue weighted by Gasteiger charge is 2.36. The molecule has 7 heteroatoms. The molecule has 1 amide bonds. The molecule has 1 aromatic carbocycles. The fraction of sp³-hybridized carbons (Fsp3) is 0.474. The van der Waals surface area contributed by atoms with Crippen LogP contribution in [0.25, 0.3) is 5.69 Å². The number of hydrogen-bond donors (Lipinski definition) is 1. The summed E-state index contributed by atoms with van der Waals surface area (Å²) in [4.78, 5) is 15.1. The molecule has 1 aliphatic carbocycles. The lowest BCUT2D eigenvalue weighted by Gasteiger charge is -2.32. The van der Waals surface area contributed by atoms with Crippen LogP contribution in [-0.2, 0) is 4.79 Å². The van der Waals surface area contributed by atoms with Crippen molar-refractivity contribution in [3.8, 4) is 5.69 Å². The molecular formula is C19H26N6O. The van der Waals surface area contributed by atoms with Crippen LogP contribution < -0.4 is 5.73 Å². The molecule has 0 radical (unpaired) electrons. The monoisotopic (exact) mass is 354 g/mol. The Morgan fingerprint density at radius 1 is 1.50 bits per heavy atom. The van der Waals surface area contributed by atoms with Gasteiger partial charge in [-0.2, -0.15) is 0 Å². The number of hydrogen-bond acceptors (Lipinski definition) is 5. The molecule has 0 spiro atoms. The number of nitrogens with two attached hydrogens (primary N) is 1. The molecule has 2 aromatic rings. The highest BCUT2D eigenvalue weighted by molar-refractivity contribution is 5.80. The molecule has 1 unspecified atom stereocenters. The molecule has 26 heavy (non-hydrogen) atoms. The van der Waals surface area contributed by atoms with E-state index in [9.17, 15) is 4.79 Å². The van der Waals surface area contributed by atoms with Gasteiger partial charge in [-0.3, -0.25) is 4.79 Å². The van der Waals surface area contributed by atoms with Crippen LogP contribution in [-0.4, -0.2) is 44.1 Å². The molecule has 2 N–H and O–H groups in total. The Morgan fingerprint density at radius 3 is 3.04 bits per heavy atom. The van der Waals surface area contributed by atoms with Gasteiger partial charge in [-0.25, -0.2) is 4.68 Å². The van der Waals surface area contributed by atoms with Crippen molar-refractivity contribution >= 4 is 5.91 Å². The van der Waals surface area contributed by atoms with E-state index >= 15 is 0 Å². The summed E-state index contributed by atoms with van der Waals surface area (Å²) < 4.78 is 1.61. The molecule has 0 bridgehead atoms. The minimum absolute atomic E-state index is 0.0186. The lowest BCUT2D eigenvalue weighted by atomic mass is 9.93. The summed E-state index contributed by atoms with van der Waals surface area (Å²) in [6, 6.07) is 7.86. The molecule has 7 nitrogen and oxygen atoms in total. The summed E-state index contributed by atoms with van der Waals surface area (Å²) in [5.74, 6) is 0.484. The van der Waals surface area contributed by atoms with Crippen LogP contribution in [0.4, 0.5) is 0 Å². The van der Waals surface area contributed by atoms with Crippen LogP contribution in [0.1, 0.15) is 37.8 Å². The molecule has 1 heterocycles. The lowest BCUT2D eigenvalue weighted by molar-refractivity contribution is -0.138. The fourth-order valence-corrected chi connectivity index (χ4v) is 3.82. The Labute approximate surface area is 153 Å². The van der Waals surface area contributed by atoms with Gasteiger partial charge in [0.25, 0.3) is 0 Å². The van der Waals surface area contributed by atoms with Crippen molar-refractivity contribution in [3.63, 3.8) is 0 Å². The molecule has 3 rings (SSSR count). The van der Waals surface area contributed by atoms with Crippen LogP contribution in [0.3, 0.4) is 0 Å². The average molecular weight is 354 g/mol. The molecule has 0 saturated heterocycles. The van der Waals surface area contributed by atoms with Gasteiger partial charge in [0.15, 0.2) is 0 Å². The minimum atomic E-state index is -0.0732. The van der Waals surface area contributed by atoms with Gasteiger partial charge in [0, 0.05) is 12.5 Å². The van der Waals surface area contributed by atoms with Crippen molar-refractivity contribution in [1.82, 2.24) is 25.1 Å². The second-order valence-corrected chi connectivity index (χ2v) is 6.84. The Kier molecular flexibility index (Phi) is 5.78. The van der Waals surface area contributed by atoms with E-state index < -0.39 is 0 Å². The van der Waals surface area contributed by atoms with Crippen molar-refractivity contribution < 1.29 is 4.79 Å². The lowest BCUT2D eigenvalue weighted by Crippen LogP contribution is -2.40. The largest absolute Gasteiger partial charge is 0.332 e. The van der Waals surface area contributed by atoms with Crippen molar-refractivity contribution in [2.45, 2.75) is 32.2 Å². The first-order valence-corrected chi connectivity index (χ1v) is 9.10. The second kappa shape index (κ2) is 8.23. The maximum absolute atomic E-state index is 13.2. The number of rotatable bonds is 7. The van der Waals surface area contributed by atoms with Crippen LogP contribution in [0.2, 0.25) is 0 Å². The molecule has 1 fully saturated rings. The number of nitrogens with zero attached hydrogens (tertiary/aromatic N) is 5. The van der Waals surface area contributed by atoms with Gasteiger partial charge in [-0.15, -0.1) is 11.7 Å². The number of aromatic nitrogens is 4. The minimum Gasteiger partial charge on any atom is -0.332 e. The van der Waals surface area contributed by atoms with Crippen molar-refractivity contribution in [2.75, 3.05) is 13.1 Å².